The molecule has 0 heterocycles. The lowest BCUT2D eigenvalue weighted by atomic mass is 9.33. The Hall–Kier alpha value is -0.380. The number of fused-ring (bicyclic) bond motifs is 1. The minimum absolute atomic E-state index is 0.0405. The SMILES string of the molecule is CC(C)C1=C[C@@]23CC[C@H]4[C@](C)(CO)CCC[C@]4(C)[C@H]2C[C@@H]1[C@@H]1[C@H]3[C@@H](O)CC[C@@H]1O. The van der Waals surface area contributed by atoms with Crippen LogP contribution in [0.3, 0.4) is 0 Å². The highest BCUT2D eigenvalue weighted by Crippen LogP contribution is 2.74. The summed E-state index contributed by atoms with van der Waals surface area (Å²) in [5.74, 6) is 2.56. The molecule has 0 radical (unpaired) electrons. The first-order valence-electron chi connectivity index (χ1n) is 12.4. The predicted molar refractivity (Wildman–Crippen MR) is 115 cm³/mol. The maximum absolute atomic E-state index is 11.3. The maximum Gasteiger partial charge on any atom is 0.0581 e. The van der Waals surface area contributed by atoms with Gasteiger partial charge in [0.1, 0.15) is 0 Å². The van der Waals surface area contributed by atoms with Crippen LogP contribution in [-0.2, 0) is 0 Å². The number of aliphatic hydroxyl groups excluding tert-OH is 3. The van der Waals surface area contributed by atoms with E-state index in [1.54, 1.807) is 5.57 Å². The van der Waals surface area contributed by atoms with Gasteiger partial charge in [0, 0.05) is 12.5 Å². The average molecular weight is 403 g/mol. The van der Waals surface area contributed by atoms with Crippen LogP contribution in [0, 0.1) is 51.8 Å². The topological polar surface area (TPSA) is 60.7 Å². The Morgan fingerprint density at radius 3 is 2.41 bits per heavy atom. The second-order valence-corrected chi connectivity index (χ2v) is 12.4. The van der Waals surface area contributed by atoms with Gasteiger partial charge in [0.2, 0.25) is 0 Å². The molecule has 4 fully saturated rings. The van der Waals surface area contributed by atoms with Crippen molar-refractivity contribution in [3.8, 4) is 0 Å². The Balaban J connectivity index is 1.65. The van der Waals surface area contributed by atoms with Gasteiger partial charge in [-0.1, -0.05) is 45.8 Å². The van der Waals surface area contributed by atoms with E-state index < -0.39 is 0 Å². The summed E-state index contributed by atoms with van der Waals surface area (Å²) >= 11 is 0. The van der Waals surface area contributed by atoms with Crippen LogP contribution >= 0.6 is 0 Å². The fraction of sp³-hybridized carbons (Fsp3) is 0.923. The van der Waals surface area contributed by atoms with Gasteiger partial charge in [-0.3, -0.25) is 0 Å². The average Bonchev–Trinajstić information content (AvgIpc) is 2.69. The molecular weight excluding hydrogens is 360 g/mol. The van der Waals surface area contributed by atoms with E-state index in [1.807, 2.05) is 0 Å². The minimum atomic E-state index is -0.272. The normalized spacial score (nSPS) is 56.4. The van der Waals surface area contributed by atoms with Crippen LogP contribution < -0.4 is 0 Å². The smallest absolute Gasteiger partial charge is 0.0581 e. The van der Waals surface area contributed by atoms with Crippen molar-refractivity contribution in [2.45, 2.75) is 91.3 Å². The van der Waals surface area contributed by atoms with Crippen LogP contribution in [0.1, 0.15) is 79.1 Å². The Morgan fingerprint density at radius 1 is 1.00 bits per heavy atom. The van der Waals surface area contributed by atoms with Gasteiger partial charge in [0.25, 0.3) is 0 Å². The third kappa shape index (κ3) is 2.53. The molecule has 6 aliphatic rings. The van der Waals surface area contributed by atoms with Gasteiger partial charge in [-0.2, -0.15) is 0 Å². The van der Waals surface area contributed by atoms with E-state index in [4.69, 9.17) is 0 Å². The van der Waals surface area contributed by atoms with E-state index in [0.29, 0.717) is 30.3 Å². The third-order valence-electron chi connectivity index (χ3n) is 10.9. The predicted octanol–water partition coefficient (Wildman–Crippen LogP) is 4.55. The zero-order chi connectivity index (χ0) is 20.8. The molecule has 0 amide bonds. The molecule has 3 heteroatoms. The molecule has 1 spiro atoms. The first-order valence-corrected chi connectivity index (χ1v) is 12.4. The van der Waals surface area contributed by atoms with Crippen molar-refractivity contribution in [1.82, 2.24) is 0 Å². The molecular formula is C26H42O3. The Kier molecular flexibility index (Phi) is 4.64. The molecule has 3 N–H and O–H groups in total. The third-order valence-corrected chi connectivity index (χ3v) is 10.9. The molecule has 0 saturated heterocycles. The molecule has 0 aromatic heterocycles. The Bertz CT molecular complexity index is 700. The van der Waals surface area contributed by atoms with Gasteiger partial charge in [-0.05, 0) is 90.8 Å². The second-order valence-electron chi connectivity index (χ2n) is 12.4. The lowest BCUT2D eigenvalue weighted by Gasteiger charge is -2.72. The van der Waals surface area contributed by atoms with E-state index >= 15 is 0 Å². The molecule has 2 bridgehead atoms. The molecule has 0 aromatic carbocycles. The zero-order valence-corrected chi connectivity index (χ0v) is 18.9. The number of hydrogen-bond donors (Lipinski definition) is 3. The molecule has 164 valence electrons. The fourth-order valence-electron chi connectivity index (χ4n) is 9.87. The zero-order valence-electron chi connectivity index (χ0n) is 18.9. The van der Waals surface area contributed by atoms with Crippen LogP contribution in [0.25, 0.3) is 0 Å². The van der Waals surface area contributed by atoms with Crippen molar-refractivity contribution in [3.05, 3.63) is 11.6 Å². The van der Waals surface area contributed by atoms with Crippen molar-refractivity contribution in [2.24, 2.45) is 51.8 Å². The molecule has 0 aliphatic heterocycles. The molecule has 4 saturated carbocycles. The van der Waals surface area contributed by atoms with Crippen LogP contribution in [0.5, 0.6) is 0 Å². The second kappa shape index (κ2) is 6.56. The first-order chi connectivity index (χ1) is 13.7. The van der Waals surface area contributed by atoms with E-state index in [2.05, 4.69) is 33.8 Å². The van der Waals surface area contributed by atoms with Gasteiger partial charge in [-0.15, -0.1) is 0 Å². The highest BCUT2D eigenvalue weighted by molar-refractivity contribution is 5.33. The van der Waals surface area contributed by atoms with Gasteiger partial charge >= 0.3 is 0 Å². The summed E-state index contributed by atoms with van der Waals surface area (Å²) in [7, 11) is 0. The van der Waals surface area contributed by atoms with Crippen molar-refractivity contribution in [2.75, 3.05) is 6.61 Å². The fourth-order valence-corrected chi connectivity index (χ4v) is 9.87. The first kappa shape index (κ1) is 20.5. The van der Waals surface area contributed by atoms with Crippen LogP contribution in [-0.4, -0.2) is 34.1 Å². The summed E-state index contributed by atoms with van der Waals surface area (Å²) in [4.78, 5) is 0. The van der Waals surface area contributed by atoms with Crippen molar-refractivity contribution >= 4 is 0 Å². The number of rotatable bonds is 2. The lowest BCUT2D eigenvalue weighted by molar-refractivity contribution is -0.228. The standard InChI is InChI=1S/C26H42O3/c1-15(2)17-13-26-11-8-20-24(3,14-27)9-5-10-25(20,4)21(26)12-16(17)22-18(28)6-7-19(29)23(22)26/h13,15-16,18-23,27-29H,5-12,14H2,1-4H3/t16-,18-,19-,20-,21+,22-,23+,24-,25-,26-/m0/s1. The largest absolute Gasteiger partial charge is 0.396 e. The highest BCUT2D eigenvalue weighted by Gasteiger charge is 2.69. The maximum atomic E-state index is 11.3. The van der Waals surface area contributed by atoms with Gasteiger partial charge < -0.3 is 15.3 Å². The molecule has 0 aromatic rings. The van der Waals surface area contributed by atoms with Gasteiger partial charge in [-0.25, -0.2) is 0 Å². The van der Waals surface area contributed by atoms with Gasteiger partial charge in [0.05, 0.1) is 12.2 Å². The summed E-state index contributed by atoms with van der Waals surface area (Å²) in [6.07, 6.45) is 10.7. The van der Waals surface area contributed by atoms with Crippen molar-refractivity contribution < 1.29 is 15.3 Å². The van der Waals surface area contributed by atoms with Crippen molar-refractivity contribution in [3.63, 3.8) is 0 Å². The minimum Gasteiger partial charge on any atom is -0.396 e. The Morgan fingerprint density at radius 2 is 1.72 bits per heavy atom. The number of allylic oxidation sites excluding steroid dienone is 2. The number of aliphatic hydroxyl groups is 3. The van der Waals surface area contributed by atoms with E-state index in [1.165, 1.54) is 19.3 Å². The van der Waals surface area contributed by atoms with Crippen LogP contribution in [0.4, 0.5) is 0 Å². The molecule has 10 atom stereocenters. The molecule has 6 rings (SSSR count). The molecule has 6 aliphatic carbocycles. The van der Waals surface area contributed by atoms with E-state index in [0.717, 1.165) is 32.1 Å². The summed E-state index contributed by atoms with van der Waals surface area (Å²) in [6, 6.07) is 0. The lowest BCUT2D eigenvalue weighted by Crippen LogP contribution is -2.68. The summed E-state index contributed by atoms with van der Waals surface area (Å²) in [6.45, 7) is 9.79. The molecule has 3 nitrogen and oxygen atoms in total. The van der Waals surface area contributed by atoms with E-state index in [-0.39, 0.29) is 40.3 Å². The molecule has 29 heavy (non-hydrogen) atoms. The van der Waals surface area contributed by atoms with Crippen molar-refractivity contribution in [1.29, 1.82) is 0 Å². The highest BCUT2D eigenvalue weighted by atomic mass is 16.3. The van der Waals surface area contributed by atoms with E-state index in [9.17, 15) is 15.3 Å². The van der Waals surface area contributed by atoms with Gasteiger partial charge in [0.15, 0.2) is 0 Å². The van der Waals surface area contributed by atoms with Crippen LogP contribution in [0.15, 0.2) is 11.6 Å². The number of hydrogen-bond acceptors (Lipinski definition) is 3. The quantitative estimate of drug-likeness (QED) is 0.594. The molecule has 0 unspecified atom stereocenters. The van der Waals surface area contributed by atoms with Crippen LogP contribution in [0.2, 0.25) is 0 Å². The summed E-state index contributed by atoms with van der Waals surface area (Å²) in [5, 5.41) is 32.7. The summed E-state index contributed by atoms with van der Waals surface area (Å²) in [5.41, 5.74) is 1.88. The summed E-state index contributed by atoms with van der Waals surface area (Å²) < 4.78 is 0. The monoisotopic (exact) mass is 402 g/mol. The Labute approximate surface area is 177 Å².